The molecule has 3 rings (SSSR count). The lowest BCUT2D eigenvalue weighted by Gasteiger charge is -2.43. The topological polar surface area (TPSA) is 53.0 Å². The number of ether oxygens (including phenoxy) is 1. The van der Waals surface area contributed by atoms with Crippen molar-refractivity contribution < 1.29 is 14.6 Å². The number of aliphatic hydroxyl groups excluding tert-OH is 1. The second-order valence-electron chi connectivity index (χ2n) is 7.35. The molecule has 1 aromatic rings. The van der Waals surface area contributed by atoms with Crippen LogP contribution in [0, 0.1) is 18.3 Å². The minimum absolute atomic E-state index is 0.0288. The highest BCUT2D eigenvalue weighted by molar-refractivity contribution is 5.77. The molecule has 2 heterocycles. The van der Waals surface area contributed by atoms with E-state index in [2.05, 4.69) is 36.1 Å². The molecular weight excluding hydrogens is 304 g/mol. The van der Waals surface area contributed by atoms with Crippen molar-refractivity contribution in [3.63, 3.8) is 0 Å². The van der Waals surface area contributed by atoms with Gasteiger partial charge in [0.2, 0.25) is 5.91 Å². The molecular formula is C19H28N2O3. The number of nitrogens with zero attached hydrogens (tertiary/aromatic N) is 2. The Balaban J connectivity index is 1.70. The molecule has 0 radical (unpaired) electrons. The molecule has 2 aliphatic rings. The lowest BCUT2D eigenvalue weighted by atomic mass is 9.74. The third kappa shape index (κ3) is 3.34. The van der Waals surface area contributed by atoms with Crippen LogP contribution in [0.5, 0.6) is 0 Å². The van der Waals surface area contributed by atoms with Gasteiger partial charge < -0.3 is 14.7 Å². The van der Waals surface area contributed by atoms with Crippen molar-refractivity contribution in [2.45, 2.75) is 19.9 Å². The summed E-state index contributed by atoms with van der Waals surface area (Å²) in [5.74, 6) is 0.485. The number of rotatable bonds is 5. The lowest BCUT2D eigenvalue weighted by Crippen LogP contribution is -2.53. The second kappa shape index (κ2) is 7.21. The number of hydrogen-bond donors (Lipinski definition) is 1. The van der Waals surface area contributed by atoms with Crippen molar-refractivity contribution in [1.82, 2.24) is 9.80 Å². The van der Waals surface area contributed by atoms with Gasteiger partial charge in [0.1, 0.15) is 6.61 Å². The van der Waals surface area contributed by atoms with Gasteiger partial charge in [0.25, 0.3) is 0 Å². The van der Waals surface area contributed by atoms with Gasteiger partial charge in [-0.2, -0.15) is 0 Å². The SMILES string of the molecule is COCC(=O)N1CC[C@H]2CN(Cc3ccccc3C)C[C@@]2(CO)C1. The largest absolute Gasteiger partial charge is 0.396 e. The van der Waals surface area contributed by atoms with E-state index in [0.717, 1.165) is 32.6 Å². The zero-order valence-electron chi connectivity index (χ0n) is 14.7. The molecule has 0 aromatic heterocycles. The predicted molar refractivity (Wildman–Crippen MR) is 92.5 cm³/mol. The van der Waals surface area contributed by atoms with Gasteiger partial charge in [-0.05, 0) is 30.4 Å². The summed E-state index contributed by atoms with van der Waals surface area (Å²) in [4.78, 5) is 16.5. The van der Waals surface area contributed by atoms with Gasteiger partial charge in [-0.3, -0.25) is 9.69 Å². The summed E-state index contributed by atoms with van der Waals surface area (Å²) in [7, 11) is 1.55. The van der Waals surface area contributed by atoms with E-state index in [1.54, 1.807) is 7.11 Å². The Labute approximate surface area is 144 Å². The van der Waals surface area contributed by atoms with Crippen LogP contribution in [0.3, 0.4) is 0 Å². The van der Waals surface area contributed by atoms with Gasteiger partial charge in [-0.1, -0.05) is 24.3 Å². The molecule has 1 N–H and O–H groups in total. The maximum atomic E-state index is 12.2. The van der Waals surface area contributed by atoms with Crippen molar-refractivity contribution in [1.29, 1.82) is 0 Å². The molecule has 0 saturated carbocycles. The van der Waals surface area contributed by atoms with Crippen molar-refractivity contribution in [3.8, 4) is 0 Å². The first-order chi connectivity index (χ1) is 11.6. The number of amides is 1. The highest BCUT2D eigenvalue weighted by atomic mass is 16.5. The Kier molecular flexibility index (Phi) is 5.23. The van der Waals surface area contributed by atoms with Crippen molar-refractivity contribution in [2.24, 2.45) is 11.3 Å². The summed E-state index contributed by atoms with van der Waals surface area (Å²) in [6.07, 6.45) is 0.959. The number of fused-ring (bicyclic) bond motifs is 1. The molecule has 24 heavy (non-hydrogen) atoms. The Bertz CT molecular complexity index is 592. The Morgan fingerprint density at radius 3 is 2.88 bits per heavy atom. The average Bonchev–Trinajstić information content (AvgIpc) is 2.95. The molecule has 0 unspecified atom stereocenters. The summed E-state index contributed by atoms with van der Waals surface area (Å²) in [5, 5.41) is 10.1. The number of methoxy groups -OCH3 is 1. The van der Waals surface area contributed by atoms with E-state index < -0.39 is 0 Å². The van der Waals surface area contributed by atoms with Gasteiger partial charge in [0.05, 0.1) is 6.61 Å². The number of carbonyl (C=O) groups is 1. The van der Waals surface area contributed by atoms with Crippen LogP contribution in [0.2, 0.25) is 0 Å². The Morgan fingerprint density at radius 2 is 2.17 bits per heavy atom. The number of piperidine rings is 1. The fourth-order valence-electron chi connectivity index (χ4n) is 4.30. The van der Waals surface area contributed by atoms with E-state index >= 15 is 0 Å². The van der Waals surface area contributed by atoms with Crippen molar-refractivity contribution in [3.05, 3.63) is 35.4 Å². The van der Waals surface area contributed by atoms with E-state index in [1.165, 1.54) is 11.1 Å². The van der Waals surface area contributed by atoms with Crippen LogP contribution < -0.4 is 0 Å². The van der Waals surface area contributed by atoms with Gasteiger partial charge in [0.15, 0.2) is 0 Å². The van der Waals surface area contributed by atoms with E-state index in [9.17, 15) is 9.90 Å². The minimum Gasteiger partial charge on any atom is -0.396 e. The van der Waals surface area contributed by atoms with Crippen molar-refractivity contribution >= 4 is 5.91 Å². The third-order valence-electron chi connectivity index (χ3n) is 5.73. The zero-order chi connectivity index (χ0) is 17.2. The molecule has 5 heteroatoms. The van der Waals surface area contributed by atoms with Gasteiger partial charge in [-0.25, -0.2) is 0 Å². The highest BCUT2D eigenvalue weighted by Gasteiger charge is 2.49. The molecule has 2 fully saturated rings. The van der Waals surface area contributed by atoms with Crippen LogP contribution in [0.15, 0.2) is 24.3 Å². The summed E-state index contributed by atoms with van der Waals surface area (Å²) >= 11 is 0. The normalized spacial score (nSPS) is 27.3. The van der Waals surface area contributed by atoms with Crippen LogP contribution in [0.25, 0.3) is 0 Å². The molecule has 5 nitrogen and oxygen atoms in total. The zero-order valence-corrected chi connectivity index (χ0v) is 14.7. The number of benzene rings is 1. The molecule has 1 amide bonds. The number of carbonyl (C=O) groups excluding carboxylic acids is 1. The number of aryl methyl sites for hydroxylation is 1. The number of likely N-dealkylation sites (tertiary alicyclic amines) is 2. The monoisotopic (exact) mass is 332 g/mol. The van der Waals surface area contributed by atoms with E-state index in [-0.39, 0.29) is 24.5 Å². The maximum Gasteiger partial charge on any atom is 0.248 e. The van der Waals surface area contributed by atoms with Crippen LogP contribution in [-0.4, -0.2) is 67.3 Å². The molecule has 1 aromatic carbocycles. The molecule has 0 aliphatic carbocycles. The second-order valence-corrected chi connectivity index (χ2v) is 7.35. The van der Waals surface area contributed by atoms with Crippen molar-refractivity contribution in [2.75, 3.05) is 46.5 Å². The standard InChI is InChI=1S/C19H28N2O3/c1-15-5-3-4-6-16(15)9-20-10-17-7-8-21(18(23)11-24-2)13-19(17,12-20)14-22/h3-6,17,22H,7-14H2,1-2H3/t17-,19-/m0/s1. The summed E-state index contributed by atoms with van der Waals surface area (Å²) < 4.78 is 4.98. The first-order valence-corrected chi connectivity index (χ1v) is 8.72. The summed E-state index contributed by atoms with van der Waals surface area (Å²) in [5.41, 5.74) is 2.46. The van der Waals surface area contributed by atoms with Gasteiger partial charge in [-0.15, -0.1) is 0 Å². The summed E-state index contributed by atoms with van der Waals surface area (Å²) in [6.45, 7) is 6.58. The van der Waals surface area contributed by atoms with Crippen LogP contribution in [-0.2, 0) is 16.1 Å². The number of aliphatic hydroxyl groups is 1. The third-order valence-corrected chi connectivity index (χ3v) is 5.73. The van der Waals surface area contributed by atoms with Crippen LogP contribution in [0.4, 0.5) is 0 Å². The van der Waals surface area contributed by atoms with E-state index in [1.807, 2.05) is 4.90 Å². The average molecular weight is 332 g/mol. The van der Waals surface area contributed by atoms with E-state index in [4.69, 9.17) is 4.74 Å². The minimum atomic E-state index is -0.190. The maximum absolute atomic E-state index is 12.2. The highest BCUT2D eigenvalue weighted by Crippen LogP contribution is 2.42. The fourth-order valence-corrected chi connectivity index (χ4v) is 4.30. The smallest absolute Gasteiger partial charge is 0.248 e. The van der Waals surface area contributed by atoms with E-state index in [0.29, 0.717) is 12.5 Å². The van der Waals surface area contributed by atoms with Gasteiger partial charge >= 0.3 is 0 Å². The lowest BCUT2D eigenvalue weighted by molar-refractivity contribution is -0.140. The van der Waals surface area contributed by atoms with Crippen LogP contribution >= 0.6 is 0 Å². The molecule has 0 bridgehead atoms. The quantitative estimate of drug-likeness (QED) is 0.883. The molecule has 2 saturated heterocycles. The number of hydrogen-bond acceptors (Lipinski definition) is 4. The van der Waals surface area contributed by atoms with Crippen LogP contribution in [0.1, 0.15) is 17.5 Å². The first-order valence-electron chi connectivity index (χ1n) is 8.72. The Hall–Kier alpha value is -1.43. The fraction of sp³-hybridized carbons (Fsp3) is 0.632. The molecule has 2 aliphatic heterocycles. The Morgan fingerprint density at radius 1 is 1.38 bits per heavy atom. The molecule has 132 valence electrons. The molecule has 2 atom stereocenters. The first kappa shape index (κ1) is 17.4. The summed E-state index contributed by atoms with van der Waals surface area (Å²) in [6, 6.07) is 8.47. The predicted octanol–water partition coefficient (Wildman–Crippen LogP) is 1.28. The van der Waals surface area contributed by atoms with Gasteiger partial charge in [0, 0.05) is 45.2 Å². The molecule has 0 spiro atoms.